The molecule has 2 heterocycles. The number of hydrogen-bond donors (Lipinski definition) is 2. The zero-order valence-electron chi connectivity index (χ0n) is 19.2. The normalized spacial score (nSPS) is 22.9. The van der Waals surface area contributed by atoms with Crippen LogP contribution < -0.4 is 15.5 Å². The Morgan fingerprint density at radius 2 is 1.74 bits per heavy atom. The number of piperidine rings is 1. The van der Waals surface area contributed by atoms with E-state index in [-0.39, 0.29) is 16.7 Å². The number of nitrogens with zero attached hydrogens (tertiary/aromatic N) is 3. The number of nitro benzene ring substituents is 1. The number of rotatable bonds is 7. The van der Waals surface area contributed by atoms with Crippen molar-refractivity contribution in [3.63, 3.8) is 0 Å². The zero-order chi connectivity index (χ0) is 23.3. The van der Waals surface area contributed by atoms with Gasteiger partial charge >= 0.3 is 0 Å². The number of nitrogens with one attached hydrogen (secondary N) is 2. The molecular formula is C26H31N5O3. The molecule has 34 heavy (non-hydrogen) atoms. The summed E-state index contributed by atoms with van der Waals surface area (Å²) in [4.78, 5) is 17.4. The van der Waals surface area contributed by atoms with Crippen LogP contribution in [0.4, 0.5) is 17.4 Å². The van der Waals surface area contributed by atoms with Crippen LogP contribution in [0.5, 0.6) is 0 Å². The lowest BCUT2D eigenvalue weighted by Crippen LogP contribution is -2.54. The number of anilines is 2. The quantitative estimate of drug-likeness (QED) is 0.367. The van der Waals surface area contributed by atoms with Gasteiger partial charge in [-0.15, -0.1) is 0 Å². The van der Waals surface area contributed by atoms with Crippen LogP contribution in [0.3, 0.4) is 0 Å². The predicted molar refractivity (Wildman–Crippen MR) is 133 cm³/mol. The maximum Gasteiger partial charge on any atom is 0.295 e. The van der Waals surface area contributed by atoms with E-state index in [0.717, 1.165) is 55.8 Å². The van der Waals surface area contributed by atoms with Gasteiger partial charge in [-0.3, -0.25) is 10.1 Å². The second-order valence-electron chi connectivity index (χ2n) is 9.26. The van der Waals surface area contributed by atoms with Gasteiger partial charge in [-0.25, -0.2) is 4.98 Å². The van der Waals surface area contributed by atoms with Gasteiger partial charge in [0.05, 0.1) is 11.1 Å². The fourth-order valence-electron chi connectivity index (χ4n) is 5.17. The van der Waals surface area contributed by atoms with Crippen LogP contribution in [0.15, 0.2) is 65.2 Å². The van der Waals surface area contributed by atoms with Crippen molar-refractivity contribution in [2.24, 2.45) is 0 Å². The van der Waals surface area contributed by atoms with E-state index in [1.54, 1.807) is 18.3 Å². The molecule has 3 atom stereocenters. The molecule has 1 saturated carbocycles. The molecule has 0 amide bonds. The smallest absolute Gasteiger partial charge is 0.295 e. The third-order valence-corrected chi connectivity index (χ3v) is 6.94. The van der Waals surface area contributed by atoms with Crippen LogP contribution in [-0.2, 0) is 0 Å². The summed E-state index contributed by atoms with van der Waals surface area (Å²) in [7, 11) is 0. The third kappa shape index (κ3) is 5.22. The molecule has 1 saturated heterocycles. The molecule has 2 N–H and O–H groups in total. The average molecular weight is 462 g/mol. The molecule has 8 nitrogen and oxygen atoms in total. The molecular weight excluding hydrogens is 430 g/mol. The van der Waals surface area contributed by atoms with Crippen LogP contribution in [0, 0.1) is 10.1 Å². The van der Waals surface area contributed by atoms with Crippen molar-refractivity contribution in [3.05, 3.63) is 70.9 Å². The summed E-state index contributed by atoms with van der Waals surface area (Å²) in [6.07, 6.45) is 8.63. The highest BCUT2D eigenvalue weighted by atomic mass is 16.6. The van der Waals surface area contributed by atoms with E-state index in [1.165, 1.54) is 12.8 Å². The summed E-state index contributed by atoms with van der Waals surface area (Å²) in [6.45, 7) is 1.87. The lowest BCUT2D eigenvalue weighted by Gasteiger charge is -2.40. The van der Waals surface area contributed by atoms with Crippen molar-refractivity contribution >= 4 is 17.4 Å². The number of benzene rings is 2. The molecule has 2 aliphatic rings. The number of oxazole rings is 1. The minimum Gasteiger partial charge on any atom is -0.424 e. The Kier molecular flexibility index (Phi) is 6.76. The highest BCUT2D eigenvalue weighted by Crippen LogP contribution is 2.28. The van der Waals surface area contributed by atoms with Crippen LogP contribution in [0.25, 0.3) is 11.3 Å². The molecule has 0 radical (unpaired) electrons. The summed E-state index contributed by atoms with van der Waals surface area (Å²) in [5, 5.41) is 18.4. The van der Waals surface area contributed by atoms with Crippen molar-refractivity contribution in [1.29, 1.82) is 0 Å². The minimum absolute atomic E-state index is 0.133. The third-order valence-electron chi connectivity index (χ3n) is 6.94. The molecule has 178 valence electrons. The molecule has 3 aromatic rings. The molecule has 1 aliphatic heterocycles. The van der Waals surface area contributed by atoms with Crippen LogP contribution in [0.2, 0.25) is 0 Å². The van der Waals surface area contributed by atoms with Crippen molar-refractivity contribution < 1.29 is 9.34 Å². The summed E-state index contributed by atoms with van der Waals surface area (Å²) in [5.41, 5.74) is 2.20. The Bertz CT molecular complexity index is 1090. The number of non-ortho nitro benzene ring substituents is 1. The Balaban J connectivity index is 1.21. The van der Waals surface area contributed by atoms with E-state index in [9.17, 15) is 10.1 Å². The average Bonchev–Trinajstić information content (AvgIpc) is 3.35. The number of aromatic nitrogens is 1. The highest BCUT2D eigenvalue weighted by molar-refractivity contribution is 5.57. The lowest BCUT2D eigenvalue weighted by molar-refractivity contribution is -0.384. The van der Waals surface area contributed by atoms with Crippen LogP contribution in [0.1, 0.15) is 38.5 Å². The van der Waals surface area contributed by atoms with Gasteiger partial charge in [0.1, 0.15) is 0 Å². The monoisotopic (exact) mass is 461 g/mol. The first-order chi connectivity index (χ1) is 16.7. The maximum atomic E-state index is 11.0. The summed E-state index contributed by atoms with van der Waals surface area (Å²) in [6, 6.07) is 18.5. The van der Waals surface area contributed by atoms with Crippen molar-refractivity contribution in [2.45, 2.75) is 56.7 Å². The SMILES string of the molecule is O=[N+]([O-])c1ccc(N2CCC[C@H](NC3CCCCC3Nc3ncc(-c4ccccc4)o3)C2)cc1. The maximum absolute atomic E-state index is 11.0. The minimum atomic E-state index is -0.350. The molecule has 0 spiro atoms. The van der Waals surface area contributed by atoms with Crippen LogP contribution >= 0.6 is 0 Å². The summed E-state index contributed by atoms with van der Waals surface area (Å²) >= 11 is 0. The summed E-state index contributed by atoms with van der Waals surface area (Å²) < 4.78 is 6.01. The van der Waals surface area contributed by atoms with Gasteiger partial charge in [-0.05, 0) is 37.8 Å². The Morgan fingerprint density at radius 3 is 2.50 bits per heavy atom. The van der Waals surface area contributed by atoms with Gasteiger partial charge in [0, 0.05) is 54.6 Å². The first-order valence-electron chi connectivity index (χ1n) is 12.2. The molecule has 8 heteroatoms. The first kappa shape index (κ1) is 22.4. The van der Waals surface area contributed by atoms with Gasteiger partial charge in [0.2, 0.25) is 0 Å². The fourth-order valence-corrected chi connectivity index (χ4v) is 5.17. The molecule has 5 rings (SSSR count). The van der Waals surface area contributed by atoms with Crippen molar-refractivity contribution in [1.82, 2.24) is 10.3 Å². The van der Waals surface area contributed by atoms with E-state index in [1.807, 2.05) is 42.5 Å². The number of nitro groups is 1. The largest absolute Gasteiger partial charge is 0.424 e. The molecule has 1 aliphatic carbocycles. The van der Waals surface area contributed by atoms with Crippen LogP contribution in [-0.4, -0.2) is 41.1 Å². The van der Waals surface area contributed by atoms with Gasteiger partial charge in [0.15, 0.2) is 5.76 Å². The topological polar surface area (TPSA) is 96.5 Å². The number of hydrogen-bond acceptors (Lipinski definition) is 7. The molecule has 0 bridgehead atoms. The van der Waals surface area contributed by atoms with Gasteiger partial charge in [0.25, 0.3) is 11.7 Å². The second kappa shape index (κ2) is 10.3. The van der Waals surface area contributed by atoms with Crippen molar-refractivity contribution in [2.75, 3.05) is 23.3 Å². The van der Waals surface area contributed by atoms with E-state index in [2.05, 4.69) is 20.5 Å². The predicted octanol–water partition coefficient (Wildman–Crippen LogP) is 5.23. The molecule has 2 unspecified atom stereocenters. The van der Waals surface area contributed by atoms with E-state index < -0.39 is 0 Å². The van der Waals surface area contributed by atoms with E-state index >= 15 is 0 Å². The van der Waals surface area contributed by atoms with Gasteiger partial charge in [-0.2, -0.15) is 0 Å². The zero-order valence-corrected chi connectivity index (χ0v) is 19.2. The Labute approximate surface area is 199 Å². The lowest BCUT2D eigenvalue weighted by atomic mass is 9.89. The van der Waals surface area contributed by atoms with Gasteiger partial charge < -0.3 is 20.0 Å². The fraction of sp³-hybridized carbons (Fsp3) is 0.423. The molecule has 1 aromatic heterocycles. The molecule has 2 fully saturated rings. The molecule has 2 aromatic carbocycles. The Morgan fingerprint density at radius 1 is 0.971 bits per heavy atom. The standard InChI is InChI=1S/C26H31N5O3/c32-31(33)22-14-12-21(13-15-22)30-16-6-9-20(18-30)28-23-10-4-5-11-24(23)29-26-27-17-25(34-26)19-7-2-1-3-8-19/h1-3,7-8,12-15,17,20,23-24,28H,4-6,9-11,16,18H2,(H,27,29)/t20-,23?,24?/m0/s1. The van der Waals surface area contributed by atoms with Crippen molar-refractivity contribution in [3.8, 4) is 11.3 Å². The second-order valence-corrected chi connectivity index (χ2v) is 9.26. The van der Waals surface area contributed by atoms with E-state index in [0.29, 0.717) is 18.1 Å². The van der Waals surface area contributed by atoms with Gasteiger partial charge in [-0.1, -0.05) is 43.2 Å². The summed E-state index contributed by atoms with van der Waals surface area (Å²) in [5.74, 6) is 0.773. The van der Waals surface area contributed by atoms with E-state index in [4.69, 9.17) is 4.42 Å². The highest BCUT2D eigenvalue weighted by Gasteiger charge is 2.30. The first-order valence-corrected chi connectivity index (χ1v) is 12.2. The Hall–Kier alpha value is -3.39.